The summed E-state index contributed by atoms with van der Waals surface area (Å²) < 4.78 is 26.9. The summed E-state index contributed by atoms with van der Waals surface area (Å²) in [5.41, 5.74) is 7.23. The molecule has 2 rings (SSSR count). The number of amides is 1. The highest BCUT2D eigenvalue weighted by Gasteiger charge is 2.13. The van der Waals surface area contributed by atoms with Crippen molar-refractivity contribution in [3.63, 3.8) is 0 Å². The Hall–Kier alpha value is -2.43. The molecule has 0 bridgehead atoms. The van der Waals surface area contributed by atoms with Gasteiger partial charge in [0.05, 0.1) is 17.8 Å². The van der Waals surface area contributed by atoms with Crippen molar-refractivity contribution in [2.75, 3.05) is 11.1 Å². The van der Waals surface area contributed by atoms with Crippen molar-refractivity contribution in [3.8, 4) is 0 Å². The molecular weight excluding hydrogens is 262 g/mol. The number of hydrogen-bond donors (Lipinski definition) is 2. The van der Waals surface area contributed by atoms with Gasteiger partial charge in [-0.25, -0.2) is 8.78 Å². The van der Waals surface area contributed by atoms with Gasteiger partial charge in [0.1, 0.15) is 11.6 Å². The molecule has 0 saturated carbocycles. The number of halogens is 2. The van der Waals surface area contributed by atoms with Crippen LogP contribution in [0.25, 0.3) is 0 Å². The number of anilines is 2. The third-order valence-corrected chi connectivity index (χ3v) is 2.88. The lowest BCUT2D eigenvalue weighted by Gasteiger charge is -2.10. The quantitative estimate of drug-likeness (QED) is 0.847. The minimum Gasteiger partial charge on any atom is -0.397 e. The van der Waals surface area contributed by atoms with E-state index in [1.54, 1.807) is 12.1 Å². The van der Waals surface area contributed by atoms with Crippen molar-refractivity contribution in [2.45, 2.75) is 13.3 Å². The number of carbonyl (C=O) groups is 1. The van der Waals surface area contributed by atoms with Crippen LogP contribution in [0.3, 0.4) is 0 Å². The maximum absolute atomic E-state index is 13.4. The Morgan fingerprint density at radius 3 is 2.50 bits per heavy atom. The summed E-state index contributed by atoms with van der Waals surface area (Å²) in [5, 5.41) is 2.56. The first-order chi connectivity index (χ1) is 9.47. The fraction of sp³-hybridized carbons (Fsp3) is 0.133. The summed E-state index contributed by atoms with van der Waals surface area (Å²) in [7, 11) is 0. The molecule has 0 spiro atoms. The van der Waals surface area contributed by atoms with Gasteiger partial charge in [-0.1, -0.05) is 12.1 Å². The van der Waals surface area contributed by atoms with Gasteiger partial charge >= 0.3 is 0 Å². The summed E-state index contributed by atoms with van der Waals surface area (Å²) in [5.74, 6) is -2.00. The van der Waals surface area contributed by atoms with Crippen LogP contribution < -0.4 is 11.1 Å². The number of nitrogens with one attached hydrogen (secondary N) is 1. The van der Waals surface area contributed by atoms with E-state index in [1.807, 2.05) is 13.0 Å². The first-order valence-corrected chi connectivity index (χ1v) is 6.06. The normalized spacial score (nSPS) is 10.3. The standard InChI is InChI=1S/C15H14F2N2O/c1-9-5-6-13(18)14(7-9)19-15(20)8-10-11(16)3-2-4-12(10)17/h2-7H,8,18H2,1H3,(H,19,20). The lowest BCUT2D eigenvalue weighted by atomic mass is 10.1. The molecular formula is C15H14F2N2O. The number of nitrogen functional groups attached to an aromatic ring is 1. The highest BCUT2D eigenvalue weighted by atomic mass is 19.1. The van der Waals surface area contributed by atoms with E-state index in [2.05, 4.69) is 5.32 Å². The average Bonchev–Trinajstić information content (AvgIpc) is 2.38. The lowest BCUT2D eigenvalue weighted by Crippen LogP contribution is -2.17. The summed E-state index contributed by atoms with van der Waals surface area (Å²) in [6, 6.07) is 8.66. The van der Waals surface area contributed by atoms with Crippen LogP contribution in [0.15, 0.2) is 36.4 Å². The Kier molecular flexibility index (Phi) is 3.98. The van der Waals surface area contributed by atoms with Crippen LogP contribution in [0.2, 0.25) is 0 Å². The molecule has 20 heavy (non-hydrogen) atoms. The second-order valence-corrected chi connectivity index (χ2v) is 4.52. The Bertz CT molecular complexity index is 636. The van der Waals surface area contributed by atoms with Crippen LogP contribution in [0, 0.1) is 18.6 Å². The maximum Gasteiger partial charge on any atom is 0.229 e. The third kappa shape index (κ3) is 3.12. The van der Waals surface area contributed by atoms with E-state index in [-0.39, 0.29) is 12.0 Å². The van der Waals surface area contributed by atoms with Gasteiger partial charge in [-0.3, -0.25) is 4.79 Å². The zero-order valence-corrected chi connectivity index (χ0v) is 10.9. The van der Waals surface area contributed by atoms with Gasteiger partial charge in [0.2, 0.25) is 5.91 Å². The number of aryl methyl sites for hydroxylation is 1. The highest BCUT2D eigenvalue weighted by molar-refractivity contribution is 5.95. The van der Waals surface area contributed by atoms with Gasteiger partial charge < -0.3 is 11.1 Å². The first kappa shape index (κ1) is 14.0. The number of carbonyl (C=O) groups excluding carboxylic acids is 1. The molecule has 0 heterocycles. The molecule has 0 aromatic heterocycles. The largest absolute Gasteiger partial charge is 0.397 e. The molecule has 0 atom stereocenters. The Morgan fingerprint density at radius 2 is 1.85 bits per heavy atom. The fourth-order valence-electron chi connectivity index (χ4n) is 1.83. The van der Waals surface area contributed by atoms with Crippen molar-refractivity contribution < 1.29 is 13.6 Å². The van der Waals surface area contributed by atoms with E-state index in [9.17, 15) is 13.6 Å². The molecule has 0 aliphatic rings. The predicted octanol–water partition coefficient (Wildman–Crippen LogP) is 3.04. The molecule has 2 aromatic rings. The van der Waals surface area contributed by atoms with Crippen molar-refractivity contribution in [1.82, 2.24) is 0 Å². The van der Waals surface area contributed by atoms with E-state index in [0.717, 1.165) is 17.7 Å². The molecule has 104 valence electrons. The molecule has 0 aliphatic heterocycles. The molecule has 0 radical (unpaired) electrons. The molecule has 1 amide bonds. The van der Waals surface area contributed by atoms with Crippen LogP contribution in [-0.2, 0) is 11.2 Å². The summed E-state index contributed by atoms with van der Waals surface area (Å²) in [6.45, 7) is 1.85. The van der Waals surface area contributed by atoms with E-state index in [4.69, 9.17) is 5.73 Å². The number of benzene rings is 2. The molecule has 0 saturated heterocycles. The molecule has 5 heteroatoms. The topological polar surface area (TPSA) is 55.1 Å². The third-order valence-electron chi connectivity index (χ3n) is 2.88. The predicted molar refractivity (Wildman–Crippen MR) is 74.3 cm³/mol. The first-order valence-electron chi connectivity index (χ1n) is 6.06. The Balaban J connectivity index is 2.15. The van der Waals surface area contributed by atoms with Gasteiger partial charge in [-0.15, -0.1) is 0 Å². The molecule has 3 N–H and O–H groups in total. The van der Waals surface area contributed by atoms with Crippen molar-refractivity contribution >= 4 is 17.3 Å². The van der Waals surface area contributed by atoms with Gasteiger partial charge in [-0.05, 0) is 36.8 Å². The smallest absolute Gasteiger partial charge is 0.229 e. The van der Waals surface area contributed by atoms with Crippen LogP contribution in [0.4, 0.5) is 20.2 Å². The van der Waals surface area contributed by atoms with Crippen molar-refractivity contribution in [1.29, 1.82) is 0 Å². The van der Waals surface area contributed by atoms with E-state index < -0.39 is 17.5 Å². The summed E-state index contributed by atoms with van der Waals surface area (Å²) in [4.78, 5) is 11.8. The fourth-order valence-corrected chi connectivity index (χ4v) is 1.83. The minimum absolute atomic E-state index is 0.253. The second kappa shape index (κ2) is 5.69. The van der Waals surface area contributed by atoms with Gasteiger partial charge in [-0.2, -0.15) is 0 Å². The average molecular weight is 276 g/mol. The van der Waals surface area contributed by atoms with Crippen molar-refractivity contribution in [3.05, 3.63) is 59.2 Å². The van der Waals surface area contributed by atoms with Gasteiger partial charge in [0.15, 0.2) is 0 Å². The molecule has 0 fully saturated rings. The molecule has 3 nitrogen and oxygen atoms in total. The molecule has 0 unspecified atom stereocenters. The van der Waals surface area contributed by atoms with E-state index in [1.165, 1.54) is 6.07 Å². The highest BCUT2D eigenvalue weighted by Crippen LogP contribution is 2.20. The van der Waals surface area contributed by atoms with E-state index in [0.29, 0.717) is 11.4 Å². The van der Waals surface area contributed by atoms with E-state index >= 15 is 0 Å². The monoisotopic (exact) mass is 276 g/mol. The van der Waals surface area contributed by atoms with Crippen LogP contribution in [-0.4, -0.2) is 5.91 Å². The molecule has 2 aromatic carbocycles. The minimum atomic E-state index is -0.739. The number of hydrogen-bond acceptors (Lipinski definition) is 2. The second-order valence-electron chi connectivity index (χ2n) is 4.52. The number of rotatable bonds is 3. The van der Waals surface area contributed by atoms with Crippen LogP contribution in [0.5, 0.6) is 0 Å². The molecule has 0 aliphatic carbocycles. The zero-order chi connectivity index (χ0) is 14.7. The SMILES string of the molecule is Cc1ccc(N)c(NC(=O)Cc2c(F)cccc2F)c1. The van der Waals surface area contributed by atoms with Crippen LogP contribution >= 0.6 is 0 Å². The lowest BCUT2D eigenvalue weighted by molar-refractivity contribution is -0.115. The zero-order valence-electron chi connectivity index (χ0n) is 10.9. The Morgan fingerprint density at radius 1 is 1.20 bits per heavy atom. The van der Waals surface area contributed by atoms with Gasteiger partial charge in [0.25, 0.3) is 0 Å². The van der Waals surface area contributed by atoms with Gasteiger partial charge in [0, 0.05) is 5.56 Å². The summed E-state index contributed by atoms with van der Waals surface area (Å²) in [6.07, 6.45) is -0.383. The number of nitrogens with two attached hydrogens (primary N) is 1. The maximum atomic E-state index is 13.4. The van der Waals surface area contributed by atoms with Crippen molar-refractivity contribution in [2.24, 2.45) is 0 Å². The Labute approximate surface area is 115 Å². The summed E-state index contributed by atoms with van der Waals surface area (Å²) >= 11 is 0. The van der Waals surface area contributed by atoms with Crippen LogP contribution in [0.1, 0.15) is 11.1 Å².